The SMILES string of the molecule is C[C@]1(C(=O)NCc2ccccc2)Cn2c(ccc2-c2ccco2)C(=O)N1CCc1ccco1. The lowest BCUT2D eigenvalue weighted by Gasteiger charge is -2.44. The van der Waals surface area contributed by atoms with Gasteiger partial charge in [0.2, 0.25) is 5.91 Å². The first-order valence-electron chi connectivity index (χ1n) is 11.0. The predicted molar refractivity (Wildman–Crippen MR) is 122 cm³/mol. The molecule has 5 rings (SSSR count). The van der Waals surface area contributed by atoms with Gasteiger partial charge in [0, 0.05) is 19.5 Å². The van der Waals surface area contributed by atoms with Crippen LogP contribution in [0.15, 0.2) is 88.1 Å². The van der Waals surface area contributed by atoms with Gasteiger partial charge in [-0.15, -0.1) is 0 Å². The summed E-state index contributed by atoms with van der Waals surface area (Å²) in [6.07, 6.45) is 3.73. The third-order valence-electron chi connectivity index (χ3n) is 6.23. The molecule has 0 fully saturated rings. The molecule has 7 heteroatoms. The van der Waals surface area contributed by atoms with E-state index in [-0.39, 0.29) is 11.8 Å². The largest absolute Gasteiger partial charge is 0.469 e. The molecule has 4 aromatic rings. The molecule has 1 N–H and O–H groups in total. The summed E-state index contributed by atoms with van der Waals surface area (Å²) in [6, 6.07) is 20.7. The van der Waals surface area contributed by atoms with Crippen molar-refractivity contribution in [3.8, 4) is 11.5 Å². The summed E-state index contributed by atoms with van der Waals surface area (Å²) in [7, 11) is 0. The molecule has 1 aliphatic heterocycles. The van der Waals surface area contributed by atoms with Gasteiger partial charge in [-0.2, -0.15) is 0 Å². The van der Waals surface area contributed by atoms with Gasteiger partial charge < -0.3 is 23.6 Å². The number of aromatic nitrogens is 1. The molecule has 0 bridgehead atoms. The van der Waals surface area contributed by atoms with Crippen LogP contribution in [0.2, 0.25) is 0 Å². The number of benzene rings is 1. The monoisotopic (exact) mass is 443 g/mol. The van der Waals surface area contributed by atoms with E-state index in [1.54, 1.807) is 29.6 Å². The zero-order valence-electron chi connectivity index (χ0n) is 18.4. The van der Waals surface area contributed by atoms with E-state index >= 15 is 0 Å². The standard InChI is InChI=1S/C26H25N3O4/c1-26(25(31)27-17-19-7-3-2-4-8-19)18-28-21(23-10-6-16-33-23)11-12-22(28)24(30)29(26)14-13-20-9-5-15-32-20/h2-12,15-16H,13-14,17-18H2,1H3,(H,27,31)/t26-/m1/s1. The molecule has 4 heterocycles. The maximum Gasteiger partial charge on any atom is 0.271 e. The molecule has 2 amide bonds. The second-order valence-electron chi connectivity index (χ2n) is 8.40. The lowest BCUT2D eigenvalue weighted by atomic mass is 9.94. The molecule has 1 aromatic carbocycles. The summed E-state index contributed by atoms with van der Waals surface area (Å²) >= 11 is 0. The molecule has 33 heavy (non-hydrogen) atoms. The van der Waals surface area contributed by atoms with Gasteiger partial charge in [0.05, 0.1) is 24.8 Å². The van der Waals surface area contributed by atoms with Crippen LogP contribution < -0.4 is 5.32 Å². The molecule has 0 saturated heterocycles. The molecular weight excluding hydrogens is 418 g/mol. The Labute approximate surface area is 191 Å². The van der Waals surface area contributed by atoms with Crippen molar-refractivity contribution >= 4 is 11.8 Å². The minimum absolute atomic E-state index is 0.192. The fraction of sp³-hybridized carbons (Fsp3) is 0.231. The molecule has 3 aromatic heterocycles. The van der Waals surface area contributed by atoms with Gasteiger partial charge in [-0.1, -0.05) is 30.3 Å². The van der Waals surface area contributed by atoms with Gasteiger partial charge in [-0.05, 0) is 48.9 Å². The van der Waals surface area contributed by atoms with E-state index in [9.17, 15) is 9.59 Å². The highest BCUT2D eigenvalue weighted by Crippen LogP contribution is 2.33. The normalized spacial score (nSPS) is 17.7. The Morgan fingerprint density at radius 2 is 1.73 bits per heavy atom. The van der Waals surface area contributed by atoms with Gasteiger partial charge in [0.25, 0.3) is 5.91 Å². The van der Waals surface area contributed by atoms with Crippen molar-refractivity contribution in [2.45, 2.75) is 32.0 Å². The van der Waals surface area contributed by atoms with E-state index in [0.29, 0.717) is 37.5 Å². The Bertz CT molecular complexity index is 1240. The average Bonchev–Trinajstić information content (AvgIpc) is 3.59. The lowest BCUT2D eigenvalue weighted by Crippen LogP contribution is -2.64. The van der Waals surface area contributed by atoms with Crippen molar-refractivity contribution in [1.82, 2.24) is 14.8 Å². The third kappa shape index (κ3) is 3.86. The number of carbonyl (C=O) groups is 2. The Morgan fingerprint density at radius 3 is 2.45 bits per heavy atom. The van der Waals surface area contributed by atoms with E-state index in [2.05, 4.69) is 5.32 Å². The van der Waals surface area contributed by atoms with Gasteiger partial charge in [0.15, 0.2) is 0 Å². The van der Waals surface area contributed by atoms with E-state index in [1.165, 1.54) is 0 Å². The van der Waals surface area contributed by atoms with Crippen molar-refractivity contribution in [3.05, 3.63) is 96.3 Å². The van der Waals surface area contributed by atoms with Crippen molar-refractivity contribution in [3.63, 3.8) is 0 Å². The van der Waals surface area contributed by atoms with Gasteiger partial charge in [0.1, 0.15) is 22.8 Å². The number of nitrogens with one attached hydrogen (secondary N) is 1. The van der Waals surface area contributed by atoms with Gasteiger partial charge in [-0.25, -0.2) is 0 Å². The van der Waals surface area contributed by atoms with Crippen molar-refractivity contribution < 1.29 is 18.4 Å². The molecule has 0 spiro atoms. The van der Waals surface area contributed by atoms with Crippen LogP contribution in [-0.4, -0.2) is 33.4 Å². The second kappa shape index (κ2) is 8.50. The minimum atomic E-state index is -1.09. The van der Waals surface area contributed by atoms with E-state index < -0.39 is 5.54 Å². The number of rotatable bonds is 7. The Hall–Kier alpha value is -4.00. The number of carbonyl (C=O) groups excluding carboxylic acids is 2. The average molecular weight is 444 g/mol. The van der Waals surface area contributed by atoms with Crippen molar-refractivity contribution in [2.75, 3.05) is 6.54 Å². The van der Waals surface area contributed by atoms with Crippen LogP contribution in [0.5, 0.6) is 0 Å². The van der Waals surface area contributed by atoms with Crippen LogP contribution in [0.1, 0.15) is 28.7 Å². The Kier molecular flexibility index (Phi) is 5.38. The zero-order valence-corrected chi connectivity index (χ0v) is 18.4. The van der Waals surface area contributed by atoms with Crippen molar-refractivity contribution in [2.24, 2.45) is 0 Å². The summed E-state index contributed by atoms with van der Waals surface area (Å²) in [5.41, 5.74) is 1.22. The maximum absolute atomic E-state index is 13.6. The number of hydrogen-bond acceptors (Lipinski definition) is 4. The zero-order chi connectivity index (χ0) is 22.8. The molecule has 1 atom stereocenters. The van der Waals surface area contributed by atoms with Crippen LogP contribution in [0.3, 0.4) is 0 Å². The Morgan fingerprint density at radius 1 is 0.970 bits per heavy atom. The van der Waals surface area contributed by atoms with Crippen molar-refractivity contribution in [1.29, 1.82) is 0 Å². The molecule has 7 nitrogen and oxygen atoms in total. The van der Waals surface area contributed by atoms with Crippen LogP contribution in [-0.2, 0) is 24.3 Å². The molecule has 1 aliphatic rings. The summed E-state index contributed by atoms with van der Waals surface area (Å²) in [4.78, 5) is 28.9. The minimum Gasteiger partial charge on any atom is -0.469 e. The number of amides is 2. The summed E-state index contributed by atoms with van der Waals surface area (Å²) in [5.74, 6) is 1.03. The Balaban J connectivity index is 1.47. The smallest absolute Gasteiger partial charge is 0.271 e. The molecule has 0 radical (unpaired) electrons. The van der Waals surface area contributed by atoms with E-state index in [4.69, 9.17) is 8.83 Å². The van der Waals surface area contributed by atoms with E-state index in [0.717, 1.165) is 17.0 Å². The van der Waals surface area contributed by atoms with Crippen LogP contribution in [0.4, 0.5) is 0 Å². The first-order chi connectivity index (χ1) is 16.1. The molecule has 0 aliphatic carbocycles. The molecule has 168 valence electrons. The molecule has 0 unspecified atom stereocenters. The van der Waals surface area contributed by atoms with Crippen LogP contribution >= 0.6 is 0 Å². The molecule has 0 saturated carbocycles. The van der Waals surface area contributed by atoms with Gasteiger partial charge in [-0.3, -0.25) is 9.59 Å². The third-order valence-corrected chi connectivity index (χ3v) is 6.23. The predicted octanol–water partition coefficient (Wildman–Crippen LogP) is 4.11. The van der Waals surface area contributed by atoms with Crippen LogP contribution in [0, 0.1) is 0 Å². The quantitative estimate of drug-likeness (QED) is 0.466. The topological polar surface area (TPSA) is 80.6 Å². The lowest BCUT2D eigenvalue weighted by molar-refractivity contribution is -0.133. The second-order valence-corrected chi connectivity index (χ2v) is 8.40. The number of nitrogens with zero attached hydrogens (tertiary/aromatic N) is 2. The van der Waals surface area contributed by atoms with Gasteiger partial charge >= 0.3 is 0 Å². The van der Waals surface area contributed by atoms with E-state index in [1.807, 2.05) is 66.1 Å². The fourth-order valence-electron chi connectivity index (χ4n) is 4.41. The van der Waals surface area contributed by atoms with Crippen LogP contribution in [0.25, 0.3) is 11.5 Å². The highest BCUT2D eigenvalue weighted by molar-refractivity contribution is 6.00. The first-order valence-corrected chi connectivity index (χ1v) is 11.0. The first kappa shape index (κ1) is 20.9. The summed E-state index contributed by atoms with van der Waals surface area (Å²) in [6.45, 7) is 2.89. The number of hydrogen-bond donors (Lipinski definition) is 1. The highest BCUT2D eigenvalue weighted by Gasteiger charge is 2.47. The number of fused-ring (bicyclic) bond motifs is 1. The summed E-state index contributed by atoms with van der Waals surface area (Å²) in [5, 5.41) is 3.04. The fourth-order valence-corrected chi connectivity index (χ4v) is 4.41. The maximum atomic E-state index is 13.6. The highest BCUT2D eigenvalue weighted by atomic mass is 16.3. The molecular formula is C26H25N3O4. The number of furan rings is 2. The summed E-state index contributed by atoms with van der Waals surface area (Å²) < 4.78 is 12.9.